The van der Waals surface area contributed by atoms with E-state index in [1.54, 1.807) is 23.1 Å². The molecule has 1 aliphatic heterocycles. The van der Waals surface area contributed by atoms with Crippen molar-refractivity contribution >= 4 is 28.1 Å². The molecule has 1 amide bonds. The molecule has 0 atom stereocenters. The average molecular weight is 401 g/mol. The summed E-state index contributed by atoms with van der Waals surface area (Å²) in [5.74, 6) is 0.120. The third-order valence-electron chi connectivity index (χ3n) is 4.92. The highest BCUT2D eigenvalue weighted by Crippen LogP contribution is 2.21. The van der Waals surface area contributed by atoms with E-state index in [0.29, 0.717) is 29.4 Å². The first kappa shape index (κ1) is 20.0. The van der Waals surface area contributed by atoms with E-state index in [0.717, 1.165) is 12.8 Å². The zero-order chi connectivity index (χ0) is 20.3. The number of pyridine rings is 1. The maximum atomic E-state index is 12.7. The monoisotopic (exact) mass is 401 g/mol. The van der Waals surface area contributed by atoms with Gasteiger partial charge < -0.3 is 10.1 Å². The topological polar surface area (TPSA) is 93.4 Å². The van der Waals surface area contributed by atoms with Crippen molar-refractivity contribution in [3.63, 3.8) is 0 Å². The second kappa shape index (κ2) is 8.10. The molecule has 3 rings (SSSR count). The van der Waals surface area contributed by atoms with Crippen molar-refractivity contribution in [2.24, 2.45) is 5.92 Å². The van der Waals surface area contributed by atoms with Gasteiger partial charge in [0.05, 0.1) is 16.3 Å². The number of piperidine rings is 1. The molecule has 0 bridgehead atoms. The molecule has 7 nitrogen and oxygen atoms in total. The van der Waals surface area contributed by atoms with Crippen LogP contribution in [0.15, 0.2) is 47.4 Å². The van der Waals surface area contributed by atoms with Gasteiger partial charge in [-0.05, 0) is 43.0 Å². The molecule has 2 aromatic rings. The number of sulfone groups is 1. The molecule has 28 heavy (non-hydrogen) atoms. The lowest BCUT2D eigenvalue weighted by Gasteiger charge is -2.30. The number of carbonyl (C=O) groups excluding carboxylic acids is 1. The van der Waals surface area contributed by atoms with Crippen LogP contribution in [0.25, 0.3) is 0 Å². The highest BCUT2D eigenvalue weighted by Gasteiger charge is 2.23. The first-order valence-electron chi connectivity index (χ1n) is 9.12. The minimum Gasteiger partial charge on any atom is -0.619 e. The van der Waals surface area contributed by atoms with Gasteiger partial charge in [0, 0.05) is 25.2 Å². The lowest BCUT2D eigenvalue weighted by molar-refractivity contribution is -0.349. The average Bonchev–Trinajstić information content (AvgIpc) is 2.68. The fraction of sp³-hybridized carbons (Fsp3) is 0.350. The second-order valence-electron chi connectivity index (χ2n) is 7.12. The number of hydrogen-bond acceptors (Lipinski definition) is 5. The van der Waals surface area contributed by atoms with Crippen LogP contribution >= 0.6 is 0 Å². The summed E-state index contributed by atoms with van der Waals surface area (Å²) in [4.78, 5) is 18.8. The van der Waals surface area contributed by atoms with Crippen LogP contribution in [0.1, 0.15) is 35.9 Å². The minimum absolute atomic E-state index is 0.0849. The molecule has 2 heterocycles. The highest BCUT2D eigenvalue weighted by atomic mass is 32.2. The van der Waals surface area contributed by atoms with Crippen molar-refractivity contribution in [3.8, 4) is 0 Å². The van der Waals surface area contributed by atoms with Gasteiger partial charge in [0.1, 0.15) is 12.4 Å². The molecule has 0 saturated carbocycles. The van der Waals surface area contributed by atoms with E-state index in [9.17, 15) is 18.4 Å². The lowest BCUT2D eigenvalue weighted by Crippen LogP contribution is -2.38. The fourth-order valence-electron chi connectivity index (χ4n) is 3.15. The summed E-state index contributed by atoms with van der Waals surface area (Å²) < 4.78 is 25.7. The van der Waals surface area contributed by atoms with Crippen molar-refractivity contribution in [2.75, 3.05) is 13.1 Å². The number of amides is 1. The van der Waals surface area contributed by atoms with E-state index in [1.165, 1.54) is 24.3 Å². The van der Waals surface area contributed by atoms with E-state index in [-0.39, 0.29) is 27.9 Å². The van der Waals surface area contributed by atoms with Crippen LogP contribution < -0.4 is 0 Å². The highest BCUT2D eigenvalue weighted by molar-refractivity contribution is 7.90. The zero-order valence-electron chi connectivity index (χ0n) is 15.7. The van der Waals surface area contributed by atoms with Crippen molar-refractivity contribution in [3.05, 3.63) is 59.1 Å². The summed E-state index contributed by atoms with van der Waals surface area (Å²) in [7, 11) is -3.66. The van der Waals surface area contributed by atoms with Crippen molar-refractivity contribution in [2.45, 2.75) is 30.4 Å². The van der Waals surface area contributed by atoms with Gasteiger partial charge in [0.15, 0.2) is 9.84 Å². The zero-order valence-corrected chi connectivity index (χ0v) is 16.6. The van der Waals surface area contributed by atoms with E-state index < -0.39 is 9.84 Å². The second-order valence-corrected chi connectivity index (χ2v) is 9.11. The van der Waals surface area contributed by atoms with Gasteiger partial charge in [-0.3, -0.25) is 4.79 Å². The summed E-state index contributed by atoms with van der Waals surface area (Å²) in [5, 5.41) is 11.2. The van der Waals surface area contributed by atoms with Crippen molar-refractivity contribution in [1.29, 1.82) is 0 Å². The first-order chi connectivity index (χ1) is 13.3. The van der Waals surface area contributed by atoms with Crippen LogP contribution in [0.2, 0.25) is 0 Å². The van der Waals surface area contributed by atoms with Gasteiger partial charge in [-0.15, -0.1) is 0 Å². The molecular formula is C20H23N3O4S. The van der Waals surface area contributed by atoms with E-state index in [1.807, 2.05) is 0 Å². The summed E-state index contributed by atoms with van der Waals surface area (Å²) in [6.07, 6.45) is 1.92. The predicted molar refractivity (Wildman–Crippen MR) is 106 cm³/mol. The minimum atomic E-state index is -3.66. The summed E-state index contributed by atoms with van der Waals surface area (Å²) in [6.45, 7) is 6.78. The number of hydrogen-bond donors (Lipinski definition) is 0. The Kier molecular flexibility index (Phi) is 5.79. The largest absolute Gasteiger partial charge is 0.619 e. The summed E-state index contributed by atoms with van der Waals surface area (Å²) in [5.41, 5.74) is 0.833. The van der Waals surface area contributed by atoms with Gasteiger partial charge in [0.2, 0.25) is 5.69 Å². The Hall–Kier alpha value is -2.74. The molecule has 148 valence electrons. The number of benzene rings is 1. The van der Waals surface area contributed by atoms with Gasteiger partial charge in [-0.1, -0.05) is 13.0 Å². The number of likely N-dealkylation sites (tertiary alicyclic amines) is 1. The molecule has 0 radical (unpaired) electrons. The van der Waals surface area contributed by atoms with E-state index in [4.69, 9.17) is 0 Å². The molecule has 1 aromatic heterocycles. The number of carbonyl (C=O) groups is 1. The third-order valence-corrected chi connectivity index (χ3v) is 6.58. The van der Waals surface area contributed by atoms with Crippen LogP contribution in [-0.4, -0.2) is 48.8 Å². The normalized spacial score (nSPS) is 15.4. The fourth-order valence-corrected chi connectivity index (χ4v) is 4.42. The quantitative estimate of drug-likeness (QED) is 0.332. The van der Waals surface area contributed by atoms with Gasteiger partial charge in [0.25, 0.3) is 5.91 Å². The van der Waals surface area contributed by atoms with Gasteiger partial charge >= 0.3 is 0 Å². The van der Waals surface area contributed by atoms with Gasteiger partial charge in [-0.25, -0.2) is 13.4 Å². The maximum absolute atomic E-state index is 12.7. The third kappa shape index (κ3) is 4.56. The SMILES string of the molecule is C=[N+]([O-])c1ccc(S(=O)(=O)Cc2cccc(C(=O)N3CCC(C)CC3)n2)cc1. The molecule has 0 spiro atoms. The first-order valence-corrected chi connectivity index (χ1v) is 10.8. The lowest BCUT2D eigenvalue weighted by atomic mass is 9.99. The smallest absolute Gasteiger partial charge is 0.272 e. The Balaban J connectivity index is 1.76. The number of aromatic nitrogens is 1. The van der Waals surface area contributed by atoms with Crippen LogP contribution in [0.5, 0.6) is 0 Å². The van der Waals surface area contributed by atoms with E-state index >= 15 is 0 Å². The Bertz CT molecular complexity index is 979. The van der Waals surface area contributed by atoms with Crippen LogP contribution in [0, 0.1) is 11.1 Å². The molecule has 0 aliphatic carbocycles. The summed E-state index contributed by atoms with van der Waals surface area (Å²) in [6, 6.07) is 10.4. The Morgan fingerprint density at radius 2 is 1.86 bits per heavy atom. The molecule has 1 aliphatic rings. The van der Waals surface area contributed by atoms with E-state index in [2.05, 4.69) is 18.6 Å². The maximum Gasteiger partial charge on any atom is 0.272 e. The van der Waals surface area contributed by atoms with Crippen LogP contribution in [0.3, 0.4) is 0 Å². The molecule has 0 unspecified atom stereocenters. The number of rotatable bonds is 5. The van der Waals surface area contributed by atoms with Crippen molar-refractivity contribution in [1.82, 2.24) is 9.88 Å². The molecule has 0 N–H and O–H groups in total. The molecule has 8 heteroatoms. The molecule has 1 saturated heterocycles. The van der Waals surface area contributed by atoms with Crippen LogP contribution in [0.4, 0.5) is 5.69 Å². The summed E-state index contributed by atoms with van der Waals surface area (Å²) >= 11 is 0. The number of nitrogens with zero attached hydrogens (tertiary/aromatic N) is 3. The van der Waals surface area contributed by atoms with Crippen molar-refractivity contribution < 1.29 is 18.0 Å². The Morgan fingerprint density at radius 1 is 1.21 bits per heavy atom. The molecular weight excluding hydrogens is 378 g/mol. The van der Waals surface area contributed by atoms with Gasteiger partial charge in [-0.2, -0.15) is 4.74 Å². The molecule has 1 fully saturated rings. The Labute approximate surface area is 164 Å². The predicted octanol–water partition coefficient (Wildman–Crippen LogP) is 2.77. The Morgan fingerprint density at radius 3 is 2.46 bits per heavy atom. The standard InChI is InChI=1S/C20H23N3O4S/c1-15-10-12-23(13-11-15)20(24)19-5-3-4-16(21-19)14-28(26,27)18-8-6-17(7-9-18)22(2)25/h3-9,15H,2,10-14H2,1H3. The van der Waals surface area contributed by atoms with Crippen LogP contribution in [-0.2, 0) is 15.6 Å². The molecule has 1 aromatic carbocycles.